The van der Waals surface area contributed by atoms with Crippen LogP contribution in [0.2, 0.25) is 0 Å². The molecule has 92 valence electrons. The molecule has 0 fully saturated rings. The fraction of sp³-hybridized carbons (Fsp3) is 0. The van der Waals surface area contributed by atoms with E-state index in [-0.39, 0.29) is 17.4 Å². The number of rotatable bonds is 0. The van der Waals surface area contributed by atoms with E-state index < -0.39 is 0 Å². The molecular formula is C15H8CrO3. The van der Waals surface area contributed by atoms with Crippen molar-refractivity contribution >= 4 is 22.9 Å². The van der Waals surface area contributed by atoms with Crippen molar-refractivity contribution in [1.82, 2.24) is 0 Å². The molecule has 0 aliphatic heterocycles. The summed E-state index contributed by atoms with van der Waals surface area (Å²) in [6.07, 6.45) is 4.36. The van der Waals surface area contributed by atoms with Crippen LogP contribution < -0.4 is 0 Å². The minimum atomic E-state index is 0. The molecule has 3 nitrogen and oxygen atoms in total. The van der Waals surface area contributed by atoms with Gasteiger partial charge in [0.15, 0.2) is 0 Å². The van der Waals surface area contributed by atoms with E-state index in [0.717, 1.165) is 0 Å². The summed E-state index contributed by atoms with van der Waals surface area (Å²) >= 11 is 0. The fourth-order valence-corrected chi connectivity index (χ4v) is 1.86. The first-order chi connectivity index (χ1) is 8.95. The van der Waals surface area contributed by atoms with Crippen LogP contribution >= 0.6 is 0 Å². The second-order valence-corrected chi connectivity index (χ2v) is 3.13. The van der Waals surface area contributed by atoms with Crippen LogP contribution in [0.15, 0.2) is 36.4 Å². The minimum absolute atomic E-state index is 0. The third-order valence-electron chi connectivity index (χ3n) is 2.41. The first-order valence-electron chi connectivity index (χ1n) is 4.76. The molecule has 1 aliphatic carbocycles. The van der Waals surface area contributed by atoms with Gasteiger partial charge in [-0.1, -0.05) is 48.6 Å². The Balaban J connectivity index is 0. The van der Waals surface area contributed by atoms with Crippen LogP contribution in [-0.2, 0) is 31.3 Å². The smallest absolute Gasteiger partial charge is 0 e. The Morgan fingerprint density at radius 3 is 1.37 bits per heavy atom. The molecule has 0 unspecified atom stereocenters. The van der Waals surface area contributed by atoms with Crippen LogP contribution in [0.1, 0.15) is 11.1 Å². The third kappa shape index (κ3) is 4.41. The van der Waals surface area contributed by atoms with Gasteiger partial charge in [0.2, 0.25) is 0 Å². The molecule has 0 saturated carbocycles. The van der Waals surface area contributed by atoms with Gasteiger partial charge in [0.25, 0.3) is 0 Å². The van der Waals surface area contributed by atoms with E-state index in [1.54, 1.807) is 0 Å². The summed E-state index contributed by atoms with van der Waals surface area (Å²) < 4.78 is 22.5. The van der Waals surface area contributed by atoms with Gasteiger partial charge in [0.05, 0.1) is 0 Å². The Hall–Kier alpha value is -1.81. The summed E-state index contributed by atoms with van der Waals surface area (Å²) in [6, 6.07) is 12.9. The summed E-state index contributed by atoms with van der Waals surface area (Å²) in [6.45, 7) is 13.5. The van der Waals surface area contributed by atoms with Gasteiger partial charge in [0.1, 0.15) is 0 Å². The van der Waals surface area contributed by atoms with Crippen molar-refractivity contribution in [3.8, 4) is 0 Å². The predicted octanol–water partition coefficient (Wildman–Crippen LogP) is 3.21. The van der Waals surface area contributed by atoms with Crippen molar-refractivity contribution in [3.63, 3.8) is 0 Å². The maximum Gasteiger partial charge on any atom is 0 e. The van der Waals surface area contributed by atoms with Gasteiger partial charge in [-0.05, 0) is 21.9 Å². The fourth-order valence-electron chi connectivity index (χ4n) is 1.86. The second kappa shape index (κ2) is 11.3. The Bertz CT molecular complexity index is 555. The number of hydrogen-bond donors (Lipinski definition) is 0. The third-order valence-corrected chi connectivity index (χ3v) is 2.41. The molecule has 0 radical (unpaired) electrons. The van der Waals surface area contributed by atoms with Gasteiger partial charge >= 0.3 is 33.9 Å². The number of hydrogen-bond acceptors (Lipinski definition) is 0. The Morgan fingerprint density at radius 1 is 0.632 bits per heavy atom. The van der Waals surface area contributed by atoms with Crippen LogP contribution in [0.3, 0.4) is 0 Å². The Kier molecular flexibility index (Phi) is 11.6. The van der Waals surface area contributed by atoms with E-state index in [0.29, 0.717) is 0 Å². The van der Waals surface area contributed by atoms with Crippen LogP contribution in [0, 0.1) is 20.0 Å². The van der Waals surface area contributed by atoms with Crippen molar-refractivity contribution in [1.29, 1.82) is 0 Å². The quantitative estimate of drug-likeness (QED) is 0.450. The molecule has 19 heavy (non-hydrogen) atoms. The molecular weight excluding hydrogens is 280 g/mol. The standard InChI is InChI=1S/C12H8.3CO.Cr/c1-3-9-4-2-6-11-8-7-10(5-1)12(9)11;3*1-2;/h1-8H;;;;. The maximum atomic E-state index is 7.50. The van der Waals surface area contributed by atoms with Crippen molar-refractivity contribution in [3.05, 3.63) is 67.5 Å². The van der Waals surface area contributed by atoms with E-state index in [1.807, 2.05) is 0 Å². The summed E-state index contributed by atoms with van der Waals surface area (Å²) in [5.74, 6) is 0. The SMILES string of the molecule is C1=Cc2cccc3cccc1c23.[C-]#[O+].[C-]#[O+].[C-]#[O+].[Cr]. The molecule has 0 atom stereocenters. The largest absolute Gasteiger partial charge is 0 e. The van der Waals surface area contributed by atoms with Gasteiger partial charge in [-0.2, -0.15) is 0 Å². The summed E-state index contributed by atoms with van der Waals surface area (Å²) in [5.41, 5.74) is 2.70. The molecule has 3 rings (SSSR count). The van der Waals surface area contributed by atoms with Gasteiger partial charge in [-0.15, -0.1) is 0 Å². The van der Waals surface area contributed by atoms with Crippen molar-refractivity contribution in [2.45, 2.75) is 0 Å². The topological polar surface area (TPSA) is 59.7 Å². The van der Waals surface area contributed by atoms with Gasteiger partial charge < -0.3 is 0 Å². The maximum absolute atomic E-state index is 7.50. The summed E-state index contributed by atoms with van der Waals surface area (Å²) in [7, 11) is 0. The molecule has 0 saturated heterocycles. The molecule has 0 amide bonds. The van der Waals surface area contributed by atoms with E-state index >= 15 is 0 Å². The average molecular weight is 288 g/mol. The number of benzene rings is 2. The second-order valence-electron chi connectivity index (χ2n) is 3.13. The van der Waals surface area contributed by atoms with Crippen LogP contribution in [0.25, 0.3) is 22.9 Å². The molecule has 0 N–H and O–H groups in total. The van der Waals surface area contributed by atoms with E-state index in [1.165, 1.54) is 21.9 Å². The van der Waals surface area contributed by atoms with Crippen LogP contribution in [0.4, 0.5) is 0 Å². The van der Waals surface area contributed by atoms with Gasteiger partial charge in [-0.3, -0.25) is 0 Å². The molecule has 4 heteroatoms. The molecule has 2 aromatic carbocycles. The Morgan fingerprint density at radius 2 is 1.00 bits per heavy atom. The molecule has 2 aromatic rings. The van der Waals surface area contributed by atoms with Crippen molar-refractivity contribution < 1.29 is 31.3 Å². The normalized spacial score (nSPS) is 8.32. The summed E-state index contributed by atoms with van der Waals surface area (Å²) in [5, 5.41) is 2.75. The zero-order valence-corrected chi connectivity index (χ0v) is 11.0. The zero-order valence-electron chi connectivity index (χ0n) is 9.75. The monoisotopic (exact) mass is 288 g/mol. The van der Waals surface area contributed by atoms with Crippen LogP contribution in [0.5, 0.6) is 0 Å². The van der Waals surface area contributed by atoms with Gasteiger partial charge in [0, 0.05) is 17.4 Å². The van der Waals surface area contributed by atoms with E-state index in [9.17, 15) is 0 Å². The molecule has 0 bridgehead atoms. The molecule has 1 aliphatic rings. The van der Waals surface area contributed by atoms with Gasteiger partial charge in [-0.25, -0.2) is 0 Å². The van der Waals surface area contributed by atoms with E-state index in [4.69, 9.17) is 14.0 Å². The summed E-state index contributed by atoms with van der Waals surface area (Å²) in [4.78, 5) is 0. The predicted molar refractivity (Wildman–Crippen MR) is 64.7 cm³/mol. The molecule has 0 aromatic heterocycles. The average Bonchev–Trinajstić information content (AvgIpc) is 2.92. The Labute approximate surface area is 122 Å². The van der Waals surface area contributed by atoms with Crippen LogP contribution in [-0.4, -0.2) is 0 Å². The molecule has 0 heterocycles. The first-order valence-corrected chi connectivity index (χ1v) is 4.76. The van der Waals surface area contributed by atoms with E-state index in [2.05, 4.69) is 68.5 Å². The molecule has 0 spiro atoms. The first kappa shape index (κ1) is 19.5. The van der Waals surface area contributed by atoms with Crippen molar-refractivity contribution in [2.75, 3.05) is 0 Å². The minimum Gasteiger partial charge on any atom is 0 e. The zero-order chi connectivity index (χ0) is 14.0. The van der Waals surface area contributed by atoms with Crippen molar-refractivity contribution in [2.24, 2.45) is 0 Å².